The van der Waals surface area contributed by atoms with E-state index in [4.69, 9.17) is 9.47 Å². The standard InChI is InChI=1S/C29H41N3O6S/c1-6-25(29(34)30-19-21(2)3)31(20-23-11-8-7-10-22(23)4)28(33)12-9-15-32(39(5,35)36)24-13-14-26-27(18-24)38-17-16-37-26/h7-8,10-11,13-14,18,21,25H,6,9,12,15-17,19-20H2,1-5H3,(H,30,34)/t25-/m1/s1. The maximum Gasteiger partial charge on any atom is 0.242 e. The Balaban J connectivity index is 1.77. The number of hydrogen-bond donors (Lipinski definition) is 1. The summed E-state index contributed by atoms with van der Waals surface area (Å²) in [4.78, 5) is 28.3. The number of anilines is 1. The number of carbonyl (C=O) groups excluding carboxylic acids is 2. The number of benzene rings is 2. The smallest absolute Gasteiger partial charge is 0.242 e. The van der Waals surface area contributed by atoms with Crippen LogP contribution in [0.3, 0.4) is 0 Å². The van der Waals surface area contributed by atoms with Gasteiger partial charge in [-0.2, -0.15) is 0 Å². The van der Waals surface area contributed by atoms with E-state index in [2.05, 4.69) is 5.32 Å². The highest BCUT2D eigenvalue weighted by Crippen LogP contribution is 2.34. The molecule has 2 aromatic carbocycles. The molecule has 0 spiro atoms. The van der Waals surface area contributed by atoms with Crippen molar-refractivity contribution in [3.63, 3.8) is 0 Å². The third-order valence-corrected chi connectivity index (χ3v) is 7.83. The molecule has 1 atom stereocenters. The lowest BCUT2D eigenvalue weighted by Gasteiger charge is -2.32. The van der Waals surface area contributed by atoms with E-state index in [1.165, 1.54) is 4.31 Å². The monoisotopic (exact) mass is 559 g/mol. The fourth-order valence-electron chi connectivity index (χ4n) is 4.50. The van der Waals surface area contributed by atoms with Gasteiger partial charge in [0.25, 0.3) is 0 Å². The van der Waals surface area contributed by atoms with Gasteiger partial charge in [-0.25, -0.2) is 8.42 Å². The zero-order valence-electron chi connectivity index (χ0n) is 23.6. The van der Waals surface area contributed by atoms with Gasteiger partial charge >= 0.3 is 0 Å². The van der Waals surface area contributed by atoms with Gasteiger partial charge in [0.15, 0.2) is 11.5 Å². The molecular formula is C29H41N3O6S. The molecule has 0 aliphatic carbocycles. The number of carbonyl (C=O) groups is 2. The topological polar surface area (TPSA) is 105 Å². The van der Waals surface area contributed by atoms with Crippen molar-refractivity contribution in [3.05, 3.63) is 53.6 Å². The quantitative estimate of drug-likeness (QED) is 0.399. The minimum atomic E-state index is -3.62. The second kappa shape index (κ2) is 13.7. The number of nitrogens with one attached hydrogen (secondary N) is 1. The van der Waals surface area contributed by atoms with E-state index in [1.54, 1.807) is 23.1 Å². The summed E-state index contributed by atoms with van der Waals surface area (Å²) in [7, 11) is -3.62. The van der Waals surface area contributed by atoms with E-state index < -0.39 is 16.1 Å². The van der Waals surface area contributed by atoms with Gasteiger partial charge in [-0.05, 0) is 48.9 Å². The molecule has 1 aliphatic rings. The number of hydrogen-bond acceptors (Lipinski definition) is 6. The molecule has 214 valence electrons. The number of ether oxygens (including phenoxy) is 2. The normalized spacial score (nSPS) is 13.6. The van der Waals surface area contributed by atoms with E-state index in [9.17, 15) is 18.0 Å². The Labute approximate surface area is 232 Å². The lowest BCUT2D eigenvalue weighted by atomic mass is 10.0. The van der Waals surface area contributed by atoms with Crippen LogP contribution in [0.4, 0.5) is 5.69 Å². The van der Waals surface area contributed by atoms with Crippen molar-refractivity contribution in [3.8, 4) is 11.5 Å². The lowest BCUT2D eigenvalue weighted by Crippen LogP contribution is -2.49. The molecule has 9 nitrogen and oxygen atoms in total. The summed E-state index contributed by atoms with van der Waals surface area (Å²) >= 11 is 0. The largest absolute Gasteiger partial charge is 0.486 e. The molecule has 0 fully saturated rings. The Morgan fingerprint density at radius 3 is 2.38 bits per heavy atom. The Morgan fingerprint density at radius 1 is 1.05 bits per heavy atom. The molecule has 1 heterocycles. The van der Waals surface area contributed by atoms with E-state index in [0.717, 1.165) is 17.4 Å². The van der Waals surface area contributed by atoms with Gasteiger partial charge in [-0.1, -0.05) is 45.0 Å². The first kappa shape index (κ1) is 30.3. The average molecular weight is 560 g/mol. The summed E-state index contributed by atoms with van der Waals surface area (Å²) < 4.78 is 37.8. The van der Waals surface area contributed by atoms with Crippen molar-refractivity contribution in [2.45, 2.75) is 59.5 Å². The maximum absolute atomic E-state index is 13.6. The Kier molecular flexibility index (Phi) is 10.6. The van der Waals surface area contributed by atoms with Crippen LogP contribution in [-0.4, -0.2) is 63.7 Å². The van der Waals surface area contributed by atoms with Gasteiger partial charge in [0.05, 0.1) is 11.9 Å². The zero-order chi connectivity index (χ0) is 28.6. The van der Waals surface area contributed by atoms with Crippen LogP contribution in [0, 0.1) is 12.8 Å². The third kappa shape index (κ3) is 8.36. The van der Waals surface area contributed by atoms with Gasteiger partial charge in [0, 0.05) is 32.1 Å². The molecule has 0 saturated carbocycles. The van der Waals surface area contributed by atoms with Gasteiger partial charge in [-0.3, -0.25) is 13.9 Å². The van der Waals surface area contributed by atoms with Crippen LogP contribution >= 0.6 is 0 Å². The lowest BCUT2D eigenvalue weighted by molar-refractivity contribution is -0.141. The van der Waals surface area contributed by atoms with E-state index >= 15 is 0 Å². The first-order chi connectivity index (χ1) is 18.5. The molecule has 0 bridgehead atoms. The van der Waals surface area contributed by atoms with E-state index in [1.807, 2.05) is 52.0 Å². The summed E-state index contributed by atoms with van der Waals surface area (Å²) in [6, 6.07) is 12.2. The van der Waals surface area contributed by atoms with Crippen LogP contribution in [0.2, 0.25) is 0 Å². The molecule has 0 saturated heterocycles. The van der Waals surface area contributed by atoms with Crippen molar-refractivity contribution in [2.75, 3.05) is 36.9 Å². The molecule has 1 aliphatic heterocycles. The number of sulfonamides is 1. The van der Waals surface area contributed by atoms with Gasteiger partial charge in [0.2, 0.25) is 21.8 Å². The van der Waals surface area contributed by atoms with Crippen LogP contribution in [0.25, 0.3) is 0 Å². The molecule has 0 aromatic heterocycles. The Bertz CT molecular complexity index is 1250. The molecule has 2 amide bonds. The molecule has 2 aromatic rings. The Hall–Kier alpha value is -3.27. The van der Waals surface area contributed by atoms with Crippen molar-refractivity contribution in [1.82, 2.24) is 10.2 Å². The van der Waals surface area contributed by atoms with E-state index in [0.29, 0.717) is 49.9 Å². The number of rotatable bonds is 13. The van der Waals surface area contributed by atoms with Crippen LogP contribution in [0.5, 0.6) is 11.5 Å². The highest BCUT2D eigenvalue weighted by molar-refractivity contribution is 7.92. The van der Waals surface area contributed by atoms with Crippen LogP contribution < -0.4 is 19.1 Å². The first-order valence-corrected chi connectivity index (χ1v) is 15.3. The molecule has 3 rings (SSSR count). The fraction of sp³-hybridized carbons (Fsp3) is 0.517. The molecular weight excluding hydrogens is 518 g/mol. The minimum absolute atomic E-state index is 0.0937. The number of fused-ring (bicyclic) bond motifs is 1. The average Bonchev–Trinajstić information content (AvgIpc) is 2.89. The van der Waals surface area contributed by atoms with E-state index in [-0.39, 0.29) is 37.1 Å². The number of nitrogens with zero attached hydrogens (tertiary/aromatic N) is 2. The molecule has 10 heteroatoms. The second-order valence-electron chi connectivity index (χ2n) is 10.3. The predicted octanol–water partition coefficient (Wildman–Crippen LogP) is 3.89. The van der Waals surface area contributed by atoms with Crippen molar-refractivity contribution >= 4 is 27.5 Å². The van der Waals surface area contributed by atoms with Crippen molar-refractivity contribution < 1.29 is 27.5 Å². The summed E-state index contributed by atoms with van der Waals surface area (Å²) in [5.41, 5.74) is 2.45. The predicted molar refractivity (Wildman–Crippen MR) is 153 cm³/mol. The van der Waals surface area contributed by atoms with Crippen LogP contribution in [0.15, 0.2) is 42.5 Å². The SMILES string of the molecule is CC[C@H](C(=O)NCC(C)C)N(Cc1ccccc1C)C(=O)CCCN(c1ccc2c(c1)OCCO2)S(C)(=O)=O. The second-order valence-corrected chi connectivity index (χ2v) is 12.2. The third-order valence-electron chi connectivity index (χ3n) is 6.64. The van der Waals surface area contributed by atoms with Gasteiger partial charge in [-0.15, -0.1) is 0 Å². The highest BCUT2D eigenvalue weighted by atomic mass is 32.2. The summed E-state index contributed by atoms with van der Waals surface area (Å²) in [6.45, 7) is 9.69. The van der Waals surface area contributed by atoms with Crippen molar-refractivity contribution in [2.24, 2.45) is 5.92 Å². The zero-order valence-corrected chi connectivity index (χ0v) is 24.4. The molecule has 0 radical (unpaired) electrons. The van der Waals surface area contributed by atoms with Gasteiger partial charge in [0.1, 0.15) is 19.3 Å². The minimum Gasteiger partial charge on any atom is -0.486 e. The molecule has 1 N–H and O–H groups in total. The first-order valence-electron chi connectivity index (χ1n) is 13.5. The Morgan fingerprint density at radius 2 is 1.74 bits per heavy atom. The van der Waals surface area contributed by atoms with Crippen LogP contribution in [0.1, 0.15) is 51.2 Å². The number of aryl methyl sites for hydroxylation is 1. The van der Waals surface area contributed by atoms with Crippen molar-refractivity contribution in [1.29, 1.82) is 0 Å². The fourth-order valence-corrected chi connectivity index (χ4v) is 5.46. The maximum atomic E-state index is 13.6. The number of amides is 2. The van der Waals surface area contributed by atoms with Crippen LogP contribution in [-0.2, 0) is 26.2 Å². The summed E-state index contributed by atoms with van der Waals surface area (Å²) in [5.74, 6) is 0.977. The van der Waals surface area contributed by atoms with Gasteiger partial charge < -0.3 is 19.7 Å². The summed E-state index contributed by atoms with van der Waals surface area (Å²) in [5, 5.41) is 2.97. The molecule has 39 heavy (non-hydrogen) atoms. The highest BCUT2D eigenvalue weighted by Gasteiger charge is 2.29. The summed E-state index contributed by atoms with van der Waals surface area (Å²) in [6.07, 6.45) is 1.99. The molecule has 0 unspecified atom stereocenters.